The van der Waals surface area contributed by atoms with Crippen LogP contribution in [0.3, 0.4) is 0 Å². The highest BCUT2D eigenvalue weighted by Gasteiger charge is 2.28. The molecule has 0 spiro atoms. The maximum Gasteiger partial charge on any atom is 0.253 e. The van der Waals surface area contributed by atoms with Gasteiger partial charge in [-0.05, 0) is 24.3 Å². The average molecular weight is 222 g/mol. The Labute approximate surface area is 93.4 Å². The van der Waals surface area contributed by atoms with Gasteiger partial charge in [-0.1, -0.05) is 0 Å². The van der Waals surface area contributed by atoms with E-state index in [0.29, 0.717) is 13.2 Å². The van der Waals surface area contributed by atoms with E-state index < -0.39 is 0 Å². The Bertz CT molecular complexity index is 377. The minimum atomic E-state index is -0.134. The second kappa shape index (κ2) is 4.51. The van der Waals surface area contributed by atoms with Gasteiger partial charge in [-0.3, -0.25) is 4.79 Å². The van der Waals surface area contributed by atoms with Crippen molar-refractivity contribution < 1.29 is 14.6 Å². The lowest BCUT2D eigenvalue weighted by atomic mass is 10.2. The number of rotatable bonds is 2. The molecule has 1 heterocycles. The van der Waals surface area contributed by atoms with Crippen LogP contribution in [0.4, 0.5) is 5.69 Å². The van der Waals surface area contributed by atoms with E-state index in [-0.39, 0.29) is 24.3 Å². The van der Waals surface area contributed by atoms with E-state index in [1.54, 1.807) is 29.2 Å². The van der Waals surface area contributed by atoms with Gasteiger partial charge < -0.3 is 20.5 Å². The van der Waals surface area contributed by atoms with Crippen molar-refractivity contribution in [1.82, 2.24) is 0 Å². The summed E-state index contributed by atoms with van der Waals surface area (Å²) in [5.41, 5.74) is 6.34. The number of morpholine rings is 1. The van der Waals surface area contributed by atoms with Crippen LogP contribution in [0.25, 0.3) is 0 Å². The van der Waals surface area contributed by atoms with Gasteiger partial charge in [-0.2, -0.15) is 0 Å². The van der Waals surface area contributed by atoms with Gasteiger partial charge in [0.15, 0.2) is 0 Å². The first-order valence-electron chi connectivity index (χ1n) is 5.11. The molecule has 5 nitrogen and oxygen atoms in total. The lowest BCUT2D eigenvalue weighted by Gasteiger charge is -2.34. The summed E-state index contributed by atoms with van der Waals surface area (Å²) in [4.78, 5) is 13.4. The van der Waals surface area contributed by atoms with Crippen molar-refractivity contribution in [3.63, 3.8) is 0 Å². The molecule has 0 aliphatic carbocycles. The van der Waals surface area contributed by atoms with Crippen molar-refractivity contribution in [3.05, 3.63) is 24.3 Å². The van der Waals surface area contributed by atoms with Crippen molar-refractivity contribution in [2.24, 2.45) is 5.73 Å². The molecular weight excluding hydrogens is 208 g/mol. The van der Waals surface area contributed by atoms with Crippen molar-refractivity contribution in [2.75, 3.05) is 24.7 Å². The van der Waals surface area contributed by atoms with Crippen LogP contribution in [-0.4, -0.2) is 36.8 Å². The molecule has 0 aromatic heterocycles. The summed E-state index contributed by atoms with van der Waals surface area (Å²) in [7, 11) is 0. The Balaban J connectivity index is 2.28. The first kappa shape index (κ1) is 10.9. The summed E-state index contributed by atoms with van der Waals surface area (Å²) in [6.07, 6.45) is 0. The molecule has 1 aromatic rings. The van der Waals surface area contributed by atoms with Crippen LogP contribution in [0.5, 0.6) is 5.75 Å². The van der Waals surface area contributed by atoms with Crippen molar-refractivity contribution >= 4 is 11.6 Å². The van der Waals surface area contributed by atoms with Crippen LogP contribution in [0.1, 0.15) is 0 Å². The molecule has 86 valence electrons. The number of benzene rings is 1. The van der Waals surface area contributed by atoms with E-state index in [1.807, 2.05) is 0 Å². The third kappa shape index (κ3) is 2.00. The van der Waals surface area contributed by atoms with Crippen molar-refractivity contribution in [1.29, 1.82) is 0 Å². The molecule has 16 heavy (non-hydrogen) atoms. The quantitative estimate of drug-likeness (QED) is 0.743. The summed E-state index contributed by atoms with van der Waals surface area (Å²) in [5, 5.41) is 9.19. The van der Waals surface area contributed by atoms with Crippen LogP contribution in [0, 0.1) is 0 Å². The number of ether oxygens (including phenoxy) is 1. The predicted molar refractivity (Wildman–Crippen MR) is 59.3 cm³/mol. The Kier molecular flexibility index (Phi) is 3.07. The third-order valence-corrected chi connectivity index (χ3v) is 2.57. The molecule has 2 rings (SSSR count). The molecule has 0 radical (unpaired) electrons. The van der Waals surface area contributed by atoms with Crippen LogP contribution in [0.15, 0.2) is 24.3 Å². The summed E-state index contributed by atoms with van der Waals surface area (Å²) >= 11 is 0. The SMILES string of the molecule is NCC1COCC(=O)N1c1ccc(O)cc1. The summed E-state index contributed by atoms with van der Waals surface area (Å²) in [6, 6.07) is 6.35. The molecular formula is C11H14N2O3. The number of nitrogens with two attached hydrogens (primary N) is 1. The number of phenols is 1. The molecule has 1 saturated heterocycles. The van der Waals surface area contributed by atoms with Gasteiger partial charge in [0, 0.05) is 12.2 Å². The summed E-state index contributed by atoms with van der Waals surface area (Å²) in [6.45, 7) is 0.882. The van der Waals surface area contributed by atoms with E-state index in [9.17, 15) is 9.90 Å². The number of phenolic OH excluding ortho intramolecular Hbond substituents is 1. The molecule has 1 atom stereocenters. The van der Waals surface area contributed by atoms with Crippen molar-refractivity contribution in [3.8, 4) is 5.75 Å². The molecule has 1 aliphatic rings. The predicted octanol–water partition coefficient (Wildman–Crippen LogP) is 0.0827. The lowest BCUT2D eigenvalue weighted by Crippen LogP contribution is -2.53. The molecule has 1 fully saturated rings. The molecule has 1 aromatic carbocycles. The topological polar surface area (TPSA) is 75.8 Å². The van der Waals surface area contributed by atoms with E-state index in [4.69, 9.17) is 10.5 Å². The highest BCUT2D eigenvalue weighted by Crippen LogP contribution is 2.22. The summed E-state index contributed by atoms with van der Waals surface area (Å²) < 4.78 is 5.14. The second-order valence-corrected chi connectivity index (χ2v) is 3.68. The van der Waals surface area contributed by atoms with Gasteiger partial charge in [0.1, 0.15) is 12.4 Å². The van der Waals surface area contributed by atoms with E-state index >= 15 is 0 Å². The minimum Gasteiger partial charge on any atom is -0.508 e. The van der Waals surface area contributed by atoms with Gasteiger partial charge in [0.25, 0.3) is 5.91 Å². The molecule has 1 unspecified atom stereocenters. The van der Waals surface area contributed by atoms with Gasteiger partial charge in [-0.25, -0.2) is 0 Å². The third-order valence-electron chi connectivity index (χ3n) is 2.57. The molecule has 5 heteroatoms. The number of hydrogen-bond acceptors (Lipinski definition) is 4. The van der Waals surface area contributed by atoms with Gasteiger partial charge >= 0.3 is 0 Å². The van der Waals surface area contributed by atoms with Crippen LogP contribution >= 0.6 is 0 Å². The normalized spacial score (nSPS) is 21.2. The van der Waals surface area contributed by atoms with Gasteiger partial charge in [0.05, 0.1) is 12.6 Å². The Morgan fingerprint density at radius 3 is 2.75 bits per heavy atom. The Morgan fingerprint density at radius 2 is 2.12 bits per heavy atom. The number of hydrogen-bond donors (Lipinski definition) is 2. The van der Waals surface area contributed by atoms with E-state index in [0.717, 1.165) is 5.69 Å². The molecule has 3 N–H and O–H groups in total. The maximum atomic E-state index is 11.7. The fourth-order valence-corrected chi connectivity index (χ4v) is 1.77. The monoisotopic (exact) mass is 222 g/mol. The molecule has 0 saturated carbocycles. The smallest absolute Gasteiger partial charge is 0.253 e. The molecule has 1 aliphatic heterocycles. The van der Waals surface area contributed by atoms with Crippen molar-refractivity contribution in [2.45, 2.75) is 6.04 Å². The van der Waals surface area contributed by atoms with Gasteiger partial charge in [0.2, 0.25) is 0 Å². The van der Waals surface area contributed by atoms with E-state index in [1.165, 1.54) is 0 Å². The van der Waals surface area contributed by atoms with Crippen LogP contribution in [-0.2, 0) is 9.53 Å². The fourth-order valence-electron chi connectivity index (χ4n) is 1.77. The molecule has 1 amide bonds. The number of aromatic hydroxyl groups is 1. The van der Waals surface area contributed by atoms with Gasteiger partial charge in [-0.15, -0.1) is 0 Å². The number of anilines is 1. The first-order valence-corrected chi connectivity index (χ1v) is 5.11. The highest BCUT2D eigenvalue weighted by molar-refractivity contribution is 5.95. The Hall–Kier alpha value is -1.59. The highest BCUT2D eigenvalue weighted by atomic mass is 16.5. The largest absolute Gasteiger partial charge is 0.508 e. The maximum absolute atomic E-state index is 11.7. The van der Waals surface area contributed by atoms with E-state index in [2.05, 4.69) is 0 Å². The standard InChI is InChI=1S/C11H14N2O3/c12-5-9-6-16-7-11(15)13(9)8-1-3-10(14)4-2-8/h1-4,9,14H,5-7,12H2. The minimum absolute atomic E-state index is 0.0807. The average Bonchev–Trinajstić information content (AvgIpc) is 2.30. The number of amides is 1. The fraction of sp³-hybridized carbons (Fsp3) is 0.364. The number of carbonyl (C=O) groups excluding carboxylic acids is 1. The number of carbonyl (C=O) groups is 1. The zero-order valence-electron chi connectivity index (χ0n) is 8.80. The first-order chi connectivity index (χ1) is 7.72. The zero-order valence-corrected chi connectivity index (χ0v) is 8.80. The number of nitrogens with zero attached hydrogens (tertiary/aromatic N) is 1. The molecule has 0 bridgehead atoms. The Morgan fingerprint density at radius 1 is 1.44 bits per heavy atom. The van der Waals surface area contributed by atoms with Crippen LogP contribution in [0.2, 0.25) is 0 Å². The van der Waals surface area contributed by atoms with Crippen LogP contribution < -0.4 is 10.6 Å². The second-order valence-electron chi connectivity index (χ2n) is 3.68. The summed E-state index contributed by atoms with van der Waals surface area (Å²) in [5.74, 6) is 0.0705. The lowest BCUT2D eigenvalue weighted by molar-refractivity contribution is -0.127. The zero-order chi connectivity index (χ0) is 11.5.